The molecule has 1 unspecified atom stereocenters. The molecule has 1 atom stereocenters. The molecule has 1 saturated heterocycles. The van der Waals surface area contributed by atoms with Crippen molar-refractivity contribution in [2.75, 3.05) is 11.4 Å². The van der Waals surface area contributed by atoms with Gasteiger partial charge in [0.15, 0.2) is 10.8 Å². The number of aromatic nitrogens is 1. The molecule has 0 bridgehead atoms. The van der Waals surface area contributed by atoms with Crippen molar-refractivity contribution in [3.8, 4) is 12.3 Å². The summed E-state index contributed by atoms with van der Waals surface area (Å²) in [7, 11) is 0. The van der Waals surface area contributed by atoms with Crippen LogP contribution in [-0.2, 0) is 0 Å². The van der Waals surface area contributed by atoms with Crippen molar-refractivity contribution in [3.05, 3.63) is 11.1 Å². The van der Waals surface area contributed by atoms with E-state index in [0.717, 1.165) is 30.9 Å². The predicted octanol–water partition coefficient (Wildman–Crippen LogP) is 1.83. The van der Waals surface area contributed by atoms with Gasteiger partial charge >= 0.3 is 5.97 Å². The minimum absolute atomic E-state index is 0.0570. The second-order valence-corrected chi connectivity index (χ2v) is 4.53. The van der Waals surface area contributed by atoms with E-state index in [1.165, 1.54) is 11.3 Å². The van der Waals surface area contributed by atoms with Crippen LogP contribution in [-0.4, -0.2) is 28.6 Å². The summed E-state index contributed by atoms with van der Waals surface area (Å²) >= 11 is 1.34. The molecule has 0 spiro atoms. The van der Waals surface area contributed by atoms with Crippen molar-refractivity contribution in [1.29, 1.82) is 0 Å². The Morgan fingerprint density at radius 3 is 3.12 bits per heavy atom. The highest BCUT2D eigenvalue weighted by Crippen LogP contribution is 2.27. The third kappa shape index (κ3) is 2.02. The van der Waals surface area contributed by atoms with Gasteiger partial charge in [0.05, 0.1) is 6.04 Å². The number of hydrogen-bond acceptors (Lipinski definition) is 4. The van der Waals surface area contributed by atoms with E-state index < -0.39 is 5.97 Å². The van der Waals surface area contributed by atoms with E-state index in [1.807, 2.05) is 4.90 Å². The van der Waals surface area contributed by atoms with E-state index >= 15 is 0 Å². The van der Waals surface area contributed by atoms with Crippen molar-refractivity contribution < 1.29 is 9.90 Å². The average molecular weight is 236 g/mol. The van der Waals surface area contributed by atoms with Crippen LogP contribution in [0.25, 0.3) is 0 Å². The Morgan fingerprint density at radius 2 is 2.50 bits per heavy atom. The van der Waals surface area contributed by atoms with Gasteiger partial charge in [-0.3, -0.25) is 0 Å². The topological polar surface area (TPSA) is 53.4 Å². The van der Waals surface area contributed by atoms with Crippen molar-refractivity contribution in [2.24, 2.45) is 0 Å². The van der Waals surface area contributed by atoms with Crippen LogP contribution >= 0.6 is 11.3 Å². The average Bonchev–Trinajstić information content (AvgIpc) is 2.78. The Kier molecular flexibility index (Phi) is 3.11. The first-order valence-electron chi connectivity index (χ1n) is 5.14. The molecular weight excluding hydrogens is 224 g/mol. The van der Waals surface area contributed by atoms with Crippen LogP contribution in [0.3, 0.4) is 0 Å². The van der Waals surface area contributed by atoms with E-state index in [2.05, 4.69) is 10.9 Å². The number of terminal acetylenes is 1. The van der Waals surface area contributed by atoms with E-state index in [4.69, 9.17) is 11.5 Å². The Morgan fingerprint density at radius 1 is 1.69 bits per heavy atom. The summed E-state index contributed by atoms with van der Waals surface area (Å²) in [5, 5.41) is 11.1. The number of anilines is 1. The van der Waals surface area contributed by atoms with Crippen LogP contribution in [0.15, 0.2) is 5.38 Å². The van der Waals surface area contributed by atoms with Crippen molar-refractivity contribution in [3.63, 3.8) is 0 Å². The van der Waals surface area contributed by atoms with Gasteiger partial charge in [0.2, 0.25) is 0 Å². The monoisotopic (exact) mass is 236 g/mol. The Hall–Kier alpha value is -1.54. The lowest BCUT2D eigenvalue weighted by Gasteiger charge is -2.32. The van der Waals surface area contributed by atoms with E-state index in [9.17, 15) is 4.79 Å². The van der Waals surface area contributed by atoms with Crippen LogP contribution in [0.2, 0.25) is 0 Å². The summed E-state index contributed by atoms with van der Waals surface area (Å²) < 4.78 is 0. The standard InChI is InChI=1S/C11H12N2O2S/c1-2-8-5-3-4-6-13(8)11-12-9(7-16-11)10(14)15/h1,7-8H,3-6H2,(H,14,15). The summed E-state index contributed by atoms with van der Waals surface area (Å²) in [6.45, 7) is 0.863. The lowest BCUT2D eigenvalue weighted by Crippen LogP contribution is -2.38. The van der Waals surface area contributed by atoms with Crippen LogP contribution in [0.5, 0.6) is 0 Å². The van der Waals surface area contributed by atoms with Crippen LogP contribution in [0, 0.1) is 12.3 Å². The molecule has 2 heterocycles. The van der Waals surface area contributed by atoms with E-state index in [-0.39, 0.29) is 11.7 Å². The molecule has 1 N–H and O–H groups in total. The van der Waals surface area contributed by atoms with Crippen LogP contribution < -0.4 is 4.90 Å². The molecule has 0 amide bonds. The fourth-order valence-electron chi connectivity index (χ4n) is 1.83. The molecule has 1 aliphatic heterocycles. The number of carbonyl (C=O) groups is 1. The van der Waals surface area contributed by atoms with Gasteiger partial charge in [-0.1, -0.05) is 5.92 Å². The molecular formula is C11H12N2O2S. The molecule has 84 valence electrons. The van der Waals surface area contributed by atoms with Crippen molar-refractivity contribution >= 4 is 22.4 Å². The summed E-state index contributed by atoms with van der Waals surface area (Å²) in [4.78, 5) is 16.8. The second kappa shape index (κ2) is 4.54. The Balaban J connectivity index is 2.21. The molecule has 1 aliphatic rings. The summed E-state index contributed by atoms with van der Waals surface area (Å²) in [6, 6.07) is 0.0570. The number of nitrogens with zero attached hydrogens (tertiary/aromatic N) is 2. The van der Waals surface area contributed by atoms with E-state index in [0.29, 0.717) is 0 Å². The lowest BCUT2D eigenvalue weighted by atomic mass is 10.0. The molecule has 4 nitrogen and oxygen atoms in total. The van der Waals surface area contributed by atoms with Crippen molar-refractivity contribution in [2.45, 2.75) is 25.3 Å². The minimum Gasteiger partial charge on any atom is -0.476 e. The highest BCUT2D eigenvalue weighted by Gasteiger charge is 2.23. The third-order valence-corrected chi connectivity index (χ3v) is 3.53. The summed E-state index contributed by atoms with van der Waals surface area (Å²) in [5.74, 6) is 1.75. The number of rotatable bonds is 2. The van der Waals surface area contributed by atoms with E-state index in [1.54, 1.807) is 5.38 Å². The first-order valence-corrected chi connectivity index (χ1v) is 6.02. The van der Waals surface area contributed by atoms with Gasteiger partial charge in [-0.15, -0.1) is 17.8 Å². The molecule has 0 saturated carbocycles. The van der Waals surface area contributed by atoms with Crippen LogP contribution in [0.4, 0.5) is 5.13 Å². The summed E-state index contributed by atoms with van der Waals surface area (Å²) in [6.07, 6.45) is 8.63. The first kappa shape index (κ1) is 11.0. The quantitative estimate of drug-likeness (QED) is 0.796. The SMILES string of the molecule is C#CC1CCCCN1c1nc(C(=O)O)cs1. The van der Waals surface area contributed by atoms with Gasteiger partial charge in [-0.25, -0.2) is 9.78 Å². The van der Waals surface area contributed by atoms with Gasteiger partial charge < -0.3 is 10.0 Å². The largest absolute Gasteiger partial charge is 0.476 e. The van der Waals surface area contributed by atoms with Crippen LogP contribution in [0.1, 0.15) is 29.8 Å². The second-order valence-electron chi connectivity index (χ2n) is 3.69. The fraction of sp³-hybridized carbons (Fsp3) is 0.455. The molecule has 16 heavy (non-hydrogen) atoms. The highest BCUT2D eigenvalue weighted by atomic mass is 32.1. The molecule has 5 heteroatoms. The Labute approximate surface area is 97.9 Å². The lowest BCUT2D eigenvalue weighted by molar-refractivity contribution is 0.0691. The molecule has 0 aromatic carbocycles. The maximum atomic E-state index is 10.7. The Bertz CT molecular complexity index is 435. The minimum atomic E-state index is -0.989. The number of hydrogen-bond donors (Lipinski definition) is 1. The number of carboxylic acids is 1. The van der Waals surface area contributed by atoms with Gasteiger partial charge in [-0.2, -0.15) is 0 Å². The molecule has 1 aromatic rings. The number of thiazole rings is 1. The van der Waals surface area contributed by atoms with Gasteiger partial charge in [-0.05, 0) is 19.3 Å². The highest BCUT2D eigenvalue weighted by molar-refractivity contribution is 7.13. The molecule has 0 radical (unpaired) electrons. The molecule has 2 rings (SSSR count). The molecule has 1 aromatic heterocycles. The fourth-order valence-corrected chi connectivity index (χ4v) is 2.70. The zero-order valence-electron chi connectivity index (χ0n) is 8.72. The smallest absolute Gasteiger partial charge is 0.355 e. The van der Waals surface area contributed by atoms with Gasteiger partial charge in [0.1, 0.15) is 0 Å². The van der Waals surface area contributed by atoms with Gasteiger partial charge in [0.25, 0.3) is 0 Å². The maximum Gasteiger partial charge on any atom is 0.355 e. The number of aromatic carboxylic acids is 1. The first-order chi connectivity index (χ1) is 7.72. The van der Waals surface area contributed by atoms with Crippen molar-refractivity contribution in [1.82, 2.24) is 4.98 Å². The molecule has 1 fully saturated rings. The summed E-state index contributed by atoms with van der Waals surface area (Å²) in [5.41, 5.74) is 0.0985. The zero-order valence-corrected chi connectivity index (χ0v) is 9.54. The number of carboxylic acid groups (broad SMARTS) is 1. The normalized spacial score (nSPS) is 20.4. The maximum absolute atomic E-state index is 10.7. The molecule has 0 aliphatic carbocycles. The predicted molar refractivity (Wildman–Crippen MR) is 62.9 cm³/mol. The number of piperidine rings is 1. The van der Waals surface area contributed by atoms with Gasteiger partial charge in [0, 0.05) is 11.9 Å². The third-order valence-electron chi connectivity index (χ3n) is 2.65. The zero-order chi connectivity index (χ0) is 11.5.